The lowest BCUT2D eigenvalue weighted by Crippen LogP contribution is -2.45. The summed E-state index contributed by atoms with van der Waals surface area (Å²) in [5.41, 5.74) is 4.01. The highest BCUT2D eigenvalue weighted by atomic mass is 19.1. The Hall–Kier alpha value is -3.55. The maximum absolute atomic E-state index is 14.6. The Kier molecular flexibility index (Phi) is 7.48. The van der Waals surface area contributed by atoms with Crippen LogP contribution >= 0.6 is 0 Å². The molecule has 4 rings (SSSR count). The molecule has 2 heterocycles. The molecule has 0 radical (unpaired) electrons. The first kappa shape index (κ1) is 26.5. The number of halogens is 1. The molecule has 0 saturated carbocycles. The monoisotopic (exact) mass is 505 g/mol. The molecule has 8 heteroatoms. The van der Waals surface area contributed by atoms with Crippen LogP contribution in [0.25, 0.3) is 16.6 Å². The molecule has 37 heavy (non-hydrogen) atoms. The lowest BCUT2D eigenvalue weighted by Gasteiger charge is -2.31. The second-order valence-corrected chi connectivity index (χ2v) is 10.6. The van der Waals surface area contributed by atoms with Gasteiger partial charge in [-0.25, -0.2) is 14.2 Å². The van der Waals surface area contributed by atoms with Gasteiger partial charge in [0.2, 0.25) is 0 Å². The molecule has 196 valence electrons. The number of aromatic nitrogens is 2. The quantitative estimate of drug-likeness (QED) is 0.504. The number of ether oxygens (including phenoxy) is 1. The lowest BCUT2D eigenvalue weighted by atomic mass is 9.91. The molecule has 1 saturated heterocycles. The molecule has 2 aliphatic rings. The zero-order chi connectivity index (χ0) is 26.9. The number of amides is 1. The Morgan fingerprint density at radius 2 is 2.08 bits per heavy atom. The lowest BCUT2D eigenvalue weighted by molar-refractivity contribution is 0.0178. The van der Waals surface area contributed by atoms with Crippen molar-refractivity contribution in [1.82, 2.24) is 14.9 Å². The highest BCUT2D eigenvalue weighted by molar-refractivity contribution is 6.16. The van der Waals surface area contributed by atoms with Gasteiger partial charge in [-0.15, -0.1) is 0 Å². The molecule has 7 nitrogen and oxygen atoms in total. The fraction of sp³-hybridized carbons (Fsp3) is 0.448. The molecular formula is C29H36FN5O2. The van der Waals surface area contributed by atoms with Crippen molar-refractivity contribution in [2.75, 3.05) is 24.5 Å². The second kappa shape index (κ2) is 10.4. The predicted octanol–water partition coefficient (Wildman–Crippen LogP) is 6.46. The third-order valence-electron chi connectivity index (χ3n) is 6.72. The normalized spacial score (nSPS) is 19.6. The van der Waals surface area contributed by atoms with Crippen molar-refractivity contribution in [3.05, 3.63) is 59.2 Å². The summed E-state index contributed by atoms with van der Waals surface area (Å²) in [6.45, 7) is 13.4. The third kappa shape index (κ3) is 5.58. The van der Waals surface area contributed by atoms with Crippen molar-refractivity contribution >= 4 is 34.1 Å². The average molecular weight is 506 g/mol. The number of carbonyl (C=O) groups excluding carboxylic acids is 1. The Morgan fingerprint density at radius 3 is 2.76 bits per heavy atom. The van der Waals surface area contributed by atoms with Crippen LogP contribution in [0.15, 0.2) is 53.5 Å². The van der Waals surface area contributed by atoms with Crippen molar-refractivity contribution in [1.29, 1.82) is 5.41 Å². The van der Waals surface area contributed by atoms with E-state index in [0.717, 1.165) is 42.7 Å². The van der Waals surface area contributed by atoms with Gasteiger partial charge in [-0.1, -0.05) is 13.0 Å². The minimum absolute atomic E-state index is 0.0846. The fourth-order valence-electron chi connectivity index (χ4n) is 4.80. The second-order valence-electron chi connectivity index (χ2n) is 10.6. The summed E-state index contributed by atoms with van der Waals surface area (Å²) >= 11 is 0. The molecule has 0 bridgehead atoms. The van der Waals surface area contributed by atoms with Gasteiger partial charge in [0, 0.05) is 30.9 Å². The molecule has 1 aromatic heterocycles. The third-order valence-corrected chi connectivity index (χ3v) is 6.72. The van der Waals surface area contributed by atoms with Crippen LogP contribution in [0.5, 0.6) is 0 Å². The summed E-state index contributed by atoms with van der Waals surface area (Å²) in [5.74, 6) is -0.532. The number of nitrogens with one attached hydrogen (secondary N) is 1. The SMILES string of the molecule is C/C=C1/C=C(c2cnc3cc(N4CCC(N(CCC)C(=O)OC(C)(C)C)C4)ccc3n2)C(C)=C(F)C1=N. The summed E-state index contributed by atoms with van der Waals surface area (Å²) in [7, 11) is 0. The van der Waals surface area contributed by atoms with Crippen LogP contribution in [0.4, 0.5) is 14.9 Å². The Morgan fingerprint density at radius 1 is 1.32 bits per heavy atom. The topological polar surface area (TPSA) is 82.4 Å². The molecule has 1 amide bonds. The van der Waals surface area contributed by atoms with E-state index in [1.54, 1.807) is 32.2 Å². The van der Waals surface area contributed by atoms with Gasteiger partial charge in [-0.3, -0.25) is 10.4 Å². The van der Waals surface area contributed by atoms with Crippen LogP contribution in [-0.4, -0.2) is 57.9 Å². The maximum atomic E-state index is 14.6. The van der Waals surface area contributed by atoms with E-state index in [1.165, 1.54) is 0 Å². The van der Waals surface area contributed by atoms with Crippen LogP contribution in [0.2, 0.25) is 0 Å². The number of carbonyl (C=O) groups is 1. The minimum Gasteiger partial charge on any atom is -0.444 e. The number of allylic oxidation sites excluding steroid dienone is 6. The highest BCUT2D eigenvalue weighted by Gasteiger charge is 2.33. The van der Waals surface area contributed by atoms with Gasteiger partial charge in [0.05, 0.1) is 34.7 Å². The highest BCUT2D eigenvalue weighted by Crippen LogP contribution is 2.33. The van der Waals surface area contributed by atoms with Crippen LogP contribution in [0, 0.1) is 5.41 Å². The van der Waals surface area contributed by atoms with Crippen LogP contribution in [0.1, 0.15) is 60.1 Å². The van der Waals surface area contributed by atoms with E-state index in [2.05, 4.69) is 16.8 Å². The first-order valence-corrected chi connectivity index (χ1v) is 12.9. The van der Waals surface area contributed by atoms with Crippen molar-refractivity contribution in [3.8, 4) is 0 Å². The number of hydrogen-bond donors (Lipinski definition) is 1. The molecular weight excluding hydrogens is 469 g/mol. The standard InChI is InChI=1S/C29H36FN5O2/c1-7-12-35(28(36)37-29(4,5)6)21-11-13-34(17-21)20-9-10-23-24(15-20)32-16-25(33-23)22-14-19(8-2)27(31)26(30)18(22)3/h8-10,14-16,21,31H,7,11-13,17H2,1-6H3/b19-8-,31-27?. The summed E-state index contributed by atoms with van der Waals surface area (Å²) < 4.78 is 20.3. The summed E-state index contributed by atoms with van der Waals surface area (Å²) in [4.78, 5) is 26.4. The summed E-state index contributed by atoms with van der Waals surface area (Å²) in [5, 5.41) is 7.98. The molecule has 2 aromatic rings. The maximum Gasteiger partial charge on any atom is 0.410 e. The van der Waals surface area contributed by atoms with Crippen molar-refractivity contribution < 1.29 is 13.9 Å². The molecule has 1 N–H and O–H groups in total. The largest absolute Gasteiger partial charge is 0.444 e. The van der Waals surface area contributed by atoms with Gasteiger partial charge in [-0.05, 0) is 82.9 Å². The van der Waals surface area contributed by atoms with Gasteiger partial charge in [0.1, 0.15) is 5.60 Å². The number of anilines is 1. The van der Waals surface area contributed by atoms with Crippen molar-refractivity contribution in [2.24, 2.45) is 0 Å². The van der Waals surface area contributed by atoms with E-state index in [1.807, 2.05) is 43.9 Å². The zero-order valence-electron chi connectivity index (χ0n) is 22.6. The molecule has 0 spiro atoms. The molecule has 1 aromatic carbocycles. The van der Waals surface area contributed by atoms with E-state index >= 15 is 0 Å². The van der Waals surface area contributed by atoms with Crippen LogP contribution in [-0.2, 0) is 4.74 Å². The molecule has 1 fully saturated rings. The zero-order valence-corrected chi connectivity index (χ0v) is 22.6. The first-order chi connectivity index (χ1) is 17.5. The average Bonchev–Trinajstić information content (AvgIpc) is 3.34. The number of fused-ring (bicyclic) bond motifs is 1. The fourth-order valence-corrected chi connectivity index (χ4v) is 4.80. The number of nitrogens with zero attached hydrogens (tertiary/aromatic N) is 4. The first-order valence-electron chi connectivity index (χ1n) is 12.9. The summed E-state index contributed by atoms with van der Waals surface area (Å²) in [6, 6.07) is 6.05. The Bertz CT molecular complexity index is 1320. The number of benzene rings is 1. The number of hydrogen-bond acceptors (Lipinski definition) is 6. The van der Waals surface area contributed by atoms with E-state index in [9.17, 15) is 9.18 Å². The molecule has 1 unspecified atom stereocenters. The van der Waals surface area contributed by atoms with Crippen LogP contribution in [0.3, 0.4) is 0 Å². The Labute approximate surface area is 218 Å². The van der Waals surface area contributed by atoms with E-state index in [4.69, 9.17) is 15.1 Å². The van der Waals surface area contributed by atoms with Gasteiger partial charge in [0.25, 0.3) is 0 Å². The van der Waals surface area contributed by atoms with Crippen LogP contribution < -0.4 is 4.90 Å². The van der Waals surface area contributed by atoms with Gasteiger partial charge >= 0.3 is 6.09 Å². The smallest absolute Gasteiger partial charge is 0.410 e. The molecule has 1 atom stereocenters. The van der Waals surface area contributed by atoms with Gasteiger partial charge in [0.15, 0.2) is 5.83 Å². The van der Waals surface area contributed by atoms with E-state index < -0.39 is 11.4 Å². The van der Waals surface area contributed by atoms with Gasteiger partial charge < -0.3 is 14.5 Å². The Balaban J connectivity index is 1.55. The molecule has 1 aliphatic carbocycles. The molecule has 1 aliphatic heterocycles. The van der Waals surface area contributed by atoms with E-state index in [0.29, 0.717) is 29.0 Å². The van der Waals surface area contributed by atoms with E-state index in [-0.39, 0.29) is 17.8 Å². The number of rotatable bonds is 5. The summed E-state index contributed by atoms with van der Waals surface area (Å²) in [6.07, 6.45) is 6.66. The van der Waals surface area contributed by atoms with Gasteiger partial charge in [-0.2, -0.15) is 0 Å². The van der Waals surface area contributed by atoms with Crippen molar-refractivity contribution in [2.45, 2.75) is 66.0 Å². The predicted molar refractivity (Wildman–Crippen MR) is 147 cm³/mol. The van der Waals surface area contributed by atoms with Crippen molar-refractivity contribution in [3.63, 3.8) is 0 Å². The minimum atomic E-state index is -0.532.